The number of hydrazine groups is 1. The van der Waals surface area contributed by atoms with Crippen molar-refractivity contribution in [2.45, 2.75) is 6.54 Å². The van der Waals surface area contributed by atoms with Crippen LogP contribution in [0.5, 0.6) is 0 Å². The van der Waals surface area contributed by atoms with Gasteiger partial charge < -0.3 is 0 Å². The normalized spacial score (nSPS) is 10.5. The highest BCUT2D eigenvalue weighted by Gasteiger charge is 2.16. The van der Waals surface area contributed by atoms with Crippen molar-refractivity contribution in [1.29, 1.82) is 0 Å². The summed E-state index contributed by atoms with van der Waals surface area (Å²) in [6.07, 6.45) is 0. The average Bonchev–Trinajstić information content (AvgIpc) is 2.11. The van der Waals surface area contributed by atoms with Crippen molar-refractivity contribution < 1.29 is 13.2 Å². The predicted octanol–water partition coefficient (Wildman–Crippen LogP) is 1.72. The second-order valence-corrected chi connectivity index (χ2v) is 2.72. The van der Waals surface area contributed by atoms with E-state index in [9.17, 15) is 13.2 Å². The minimum atomic E-state index is -1.39. The summed E-state index contributed by atoms with van der Waals surface area (Å²) in [5, 5.41) is -0.856. The third-order valence-corrected chi connectivity index (χ3v) is 1.80. The van der Waals surface area contributed by atoms with Gasteiger partial charge in [-0.15, -0.1) is 0 Å². The zero-order chi connectivity index (χ0) is 10.0. The summed E-state index contributed by atoms with van der Waals surface area (Å²) in [7, 11) is 0. The van der Waals surface area contributed by atoms with Crippen LogP contribution in [-0.4, -0.2) is 0 Å². The van der Waals surface area contributed by atoms with Gasteiger partial charge in [0.15, 0.2) is 11.6 Å². The van der Waals surface area contributed by atoms with Crippen LogP contribution in [0.2, 0.25) is 5.02 Å². The molecule has 0 saturated heterocycles. The molecule has 0 saturated carbocycles. The first-order valence-electron chi connectivity index (χ1n) is 3.33. The lowest BCUT2D eigenvalue weighted by Gasteiger charge is -2.05. The lowest BCUT2D eigenvalue weighted by atomic mass is 10.2. The third-order valence-electron chi connectivity index (χ3n) is 1.47. The number of hydrogen-bond acceptors (Lipinski definition) is 2. The highest BCUT2D eigenvalue weighted by atomic mass is 35.5. The van der Waals surface area contributed by atoms with Gasteiger partial charge in [-0.1, -0.05) is 11.6 Å². The van der Waals surface area contributed by atoms with E-state index in [-0.39, 0.29) is 12.1 Å². The number of nitrogens with one attached hydrogen (secondary N) is 1. The summed E-state index contributed by atoms with van der Waals surface area (Å²) in [5.41, 5.74) is 1.99. The van der Waals surface area contributed by atoms with Crippen LogP contribution in [0.1, 0.15) is 5.56 Å². The Balaban J connectivity index is 3.24. The lowest BCUT2D eigenvalue weighted by Crippen LogP contribution is -2.22. The minimum Gasteiger partial charge on any atom is -0.271 e. The van der Waals surface area contributed by atoms with Crippen molar-refractivity contribution in [3.8, 4) is 0 Å². The molecule has 1 aromatic carbocycles. The summed E-state index contributed by atoms with van der Waals surface area (Å²) in [4.78, 5) is 0. The summed E-state index contributed by atoms with van der Waals surface area (Å²) in [6, 6.07) is 0.705. The van der Waals surface area contributed by atoms with Gasteiger partial charge in [-0.2, -0.15) is 0 Å². The van der Waals surface area contributed by atoms with Crippen LogP contribution in [0.15, 0.2) is 6.07 Å². The molecule has 0 aliphatic rings. The average molecular weight is 211 g/mol. The van der Waals surface area contributed by atoms with E-state index >= 15 is 0 Å². The molecule has 6 heteroatoms. The van der Waals surface area contributed by atoms with Gasteiger partial charge in [-0.3, -0.25) is 11.3 Å². The van der Waals surface area contributed by atoms with E-state index in [0.29, 0.717) is 6.07 Å². The molecule has 0 atom stereocenters. The molecule has 0 aliphatic heterocycles. The third kappa shape index (κ3) is 1.93. The van der Waals surface area contributed by atoms with E-state index in [4.69, 9.17) is 17.4 Å². The quantitative estimate of drug-likeness (QED) is 0.338. The van der Waals surface area contributed by atoms with Crippen LogP contribution < -0.4 is 11.3 Å². The van der Waals surface area contributed by atoms with E-state index in [1.807, 2.05) is 0 Å². The molecule has 0 aromatic heterocycles. The molecule has 72 valence electrons. The van der Waals surface area contributed by atoms with Crippen molar-refractivity contribution in [3.63, 3.8) is 0 Å². The molecule has 0 bridgehead atoms. The molecule has 0 unspecified atom stereocenters. The topological polar surface area (TPSA) is 38.0 Å². The van der Waals surface area contributed by atoms with Gasteiger partial charge in [0.1, 0.15) is 10.8 Å². The maximum absolute atomic E-state index is 13.0. The van der Waals surface area contributed by atoms with Gasteiger partial charge in [0, 0.05) is 12.1 Å². The van der Waals surface area contributed by atoms with E-state index in [0.717, 1.165) is 0 Å². The highest BCUT2D eigenvalue weighted by Crippen LogP contribution is 2.24. The fourth-order valence-electron chi connectivity index (χ4n) is 0.860. The van der Waals surface area contributed by atoms with Crippen molar-refractivity contribution in [2.75, 3.05) is 0 Å². The highest BCUT2D eigenvalue weighted by molar-refractivity contribution is 6.30. The molecule has 1 aromatic rings. The standard InChI is InChI=1S/C7H6ClF3N2/c8-5-6(10)3(2-13-12)1-4(9)7(5)11/h1,13H,2,12H2. The zero-order valence-corrected chi connectivity index (χ0v) is 7.13. The van der Waals surface area contributed by atoms with E-state index < -0.39 is 22.5 Å². The SMILES string of the molecule is NNCc1cc(F)c(F)c(Cl)c1F. The van der Waals surface area contributed by atoms with Crippen LogP contribution >= 0.6 is 11.6 Å². The minimum absolute atomic E-state index is 0.119. The Kier molecular flexibility index (Phi) is 3.13. The van der Waals surface area contributed by atoms with Crippen LogP contribution in [-0.2, 0) is 6.54 Å². The molecular weight excluding hydrogens is 205 g/mol. The largest absolute Gasteiger partial charge is 0.271 e. The molecule has 1 rings (SSSR count). The van der Waals surface area contributed by atoms with Crippen LogP contribution in [0.4, 0.5) is 13.2 Å². The Bertz CT molecular complexity index is 330. The first-order valence-corrected chi connectivity index (χ1v) is 3.71. The molecule has 2 nitrogen and oxygen atoms in total. The van der Waals surface area contributed by atoms with Crippen molar-refractivity contribution in [3.05, 3.63) is 34.1 Å². The van der Waals surface area contributed by atoms with Crippen LogP contribution in [0.3, 0.4) is 0 Å². The lowest BCUT2D eigenvalue weighted by molar-refractivity contribution is 0.488. The zero-order valence-electron chi connectivity index (χ0n) is 6.37. The van der Waals surface area contributed by atoms with Gasteiger partial charge in [-0.25, -0.2) is 13.2 Å². The molecule has 3 N–H and O–H groups in total. The second-order valence-electron chi connectivity index (χ2n) is 2.34. The molecule has 0 fully saturated rings. The molecular formula is C7H6ClF3N2. The summed E-state index contributed by atoms with van der Waals surface area (Å²) < 4.78 is 38.3. The Morgan fingerprint density at radius 1 is 1.31 bits per heavy atom. The van der Waals surface area contributed by atoms with E-state index in [1.54, 1.807) is 0 Å². The Morgan fingerprint density at radius 3 is 2.46 bits per heavy atom. The smallest absolute Gasteiger partial charge is 0.180 e. The maximum Gasteiger partial charge on any atom is 0.180 e. The first-order chi connectivity index (χ1) is 6.07. The summed E-state index contributed by atoms with van der Waals surface area (Å²) in [6.45, 7) is -0.122. The van der Waals surface area contributed by atoms with Gasteiger partial charge in [0.05, 0.1) is 0 Å². The molecule has 0 amide bonds. The number of benzene rings is 1. The Labute approximate surface area is 77.5 Å². The molecule has 0 radical (unpaired) electrons. The number of rotatable bonds is 2. The van der Waals surface area contributed by atoms with E-state index in [2.05, 4.69) is 5.43 Å². The monoisotopic (exact) mass is 210 g/mol. The summed E-state index contributed by atoms with van der Waals surface area (Å²) in [5.74, 6) is 1.30. The molecule has 0 spiro atoms. The first kappa shape index (κ1) is 10.3. The van der Waals surface area contributed by atoms with Gasteiger partial charge in [-0.05, 0) is 6.07 Å². The molecule has 13 heavy (non-hydrogen) atoms. The fourth-order valence-corrected chi connectivity index (χ4v) is 1.07. The molecule has 0 aliphatic carbocycles. The fraction of sp³-hybridized carbons (Fsp3) is 0.143. The molecule has 0 heterocycles. The number of nitrogens with two attached hydrogens (primary N) is 1. The number of hydrogen-bond donors (Lipinski definition) is 2. The van der Waals surface area contributed by atoms with Crippen LogP contribution in [0, 0.1) is 17.5 Å². The van der Waals surface area contributed by atoms with Crippen molar-refractivity contribution in [1.82, 2.24) is 5.43 Å². The van der Waals surface area contributed by atoms with Crippen LogP contribution in [0.25, 0.3) is 0 Å². The van der Waals surface area contributed by atoms with Crippen molar-refractivity contribution >= 4 is 11.6 Å². The van der Waals surface area contributed by atoms with Gasteiger partial charge in [0.25, 0.3) is 0 Å². The summed E-state index contributed by atoms with van der Waals surface area (Å²) >= 11 is 5.17. The second kappa shape index (κ2) is 3.95. The number of halogens is 4. The van der Waals surface area contributed by atoms with Gasteiger partial charge in [0.2, 0.25) is 0 Å². The Hall–Kier alpha value is -0.780. The van der Waals surface area contributed by atoms with Gasteiger partial charge >= 0.3 is 0 Å². The van der Waals surface area contributed by atoms with E-state index in [1.165, 1.54) is 0 Å². The van der Waals surface area contributed by atoms with Crippen molar-refractivity contribution in [2.24, 2.45) is 5.84 Å². The predicted molar refractivity (Wildman–Crippen MR) is 42.4 cm³/mol. The maximum atomic E-state index is 13.0. The Morgan fingerprint density at radius 2 is 1.92 bits per heavy atom.